The van der Waals surface area contributed by atoms with E-state index in [0.29, 0.717) is 6.54 Å². The van der Waals surface area contributed by atoms with Crippen molar-refractivity contribution in [1.82, 2.24) is 20.4 Å². The highest BCUT2D eigenvalue weighted by Gasteiger charge is 2.03. The number of nitrogens with one attached hydrogen (secondary N) is 2. The Labute approximate surface area is 180 Å². The first-order chi connectivity index (χ1) is 12.8. The number of ether oxygens (including phenoxy) is 1. The number of methoxy groups -OCH3 is 1. The molecule has 2 N–H and O–H groups in total. The maximum absolute atomic E-state index is 5.19. The molecule has 2 heterocycles. The summed E-state index contributed by atoms with van der Waals surface area (Å²) in [6, 6.07) is 13.9. The fourth-order valence-corrected chi connectivity index (χ4v) is 3.06. The van der Waals surface area contributed by atoms with Crippen LogP contribution in [0.2, 0.25) is 0 Å². The number of nitrogens with zero attached hydrogens (tertiary/aromatic N) is 3. The molecule has 0 atom stereocenters. The summed E-state index contributed by atoms with van der Waals surface area (Å²) in [5.41, 5.74) is 1.90. The number of aliphatic imine (C=N–C) groups is 1. The van der Waals surface area contributed by atoms with Gasteiger partial charge in [-0.15, -0.1) is 35.3 Å². The summed E-state index contributed by atoms with van der Waals surface area (Å²) >= 11 is 1.73. The summed E-state index contributed by atoms with van der Waals surface area (Å²) in [7, 11) is 1.66. The zero-order chi connectivity index (χ0) is 18.2. The number of thiophene rings is 1. The number of benzene rings is 1. The molecule has 0 amide bonds. The Morgan fingerprint density at radius 2 is 2.00 bits per heavy atom. The molecule has 0 unspecified atom stereocenters. The molecule has 0 aliphatic carbocycles. The topological polar surface area (TPSA) is 63.5 Å². The second-order valence-electron chi connectivity index (χ2n) is 5.58. The highest BCUT2D eigenvalue weighted by Crippen LogP contribution is 2.14. The van der Waals surface area contributed by atoms with E-state index in [0.717, 1.165) is 36.2 Å². The van der Waals surface area contributed by atoms with Crippen LogP contribution in [0.1, 0.15) is 17.5 Å². The van der Waals surface area contributed by atoms with Crippen molar-refractivity contribution < 1.29 is 4.74 Å². The lowest BCUT2D eigenvalue weighted by atomic mass is 10.3. The van der Waals surface area contributed by atoms with Crippen LogP contribution in [0.5, 0.6) is 5.75 Å². The average Bonchev–Trinajstić information content (AvgIpc) is 3.36. The van der Waals surface area contributed by atoms with Gasteiger partial charge in [-0.05, 0) is 48.7 Å². The quantitative estimate of drug-likeness (QED) is 0.296. The van der Waals surface area contributed by atoms with Gasteiger partial charge in [0.05, 0.1) is 31.6 Å². The molecule has 0 radical (unpaired) electrons. The van der Waals surface area contributed by atoms with Crippen LogP contribution in [-0.2, 0) is 13.1 Å². The molecule has 2 aromatic heterocycles. The predicted octanol–water partition coefficient (Wildman–Crippen LogP) is 3.82. The molecular weight excluding hydrogens is 473 g/mol. The lowest BCUT2D eigenvalue weighted by Crippen LogP contribution is -2.36. The van der Waals surface area contributed by atoms with E-state index in [9.17, 15) is 0 Å². The van der Waals surface area contributed by atoms with Crippen molar-refractivity contribution in [2.24, 2.45) is 4.99 Å². The monoisotopic (exact) mass is 497 g/mol. The van der Waals surface area contributed by atoms with Crippen molar-refractivity contribution >= 4 is 41.3 Å². The minimum atomic E-state index is 0. The summed E-state index contributed by atoms with van der Waals surface area (Å²) in [4.78, 5) is 5.90. The van der Waals surface area contributed by atoms with Crippen LogP contribution in [-0.4, -0.2) is 29.4 Å². The average molecular weight is 497 g/mol. The van der Waals surface area contributed by atoms with E-state index in [-0.39, 0.29) is 24.0 Å². The number of hydrogen-bond donors (Lipinski definition) is 2. The molecular formula is C19H24IN5OS. The van der Waals surface area contributed by atoms with Crippen LogP contribution >= 0.6 is 35.3 Å². The molecule has 0 saturated carbocycles. The smallest absolute Gasteiger partial charge is 0.191 e. The normalized spacial score (nSPS) is 11.0. The third kappa shape index (κ3) is 6.24. The highest BCUT2D eigenvalue weighted by atomic mass is 127. The van der Waals surface area contributed by atoms with Gasteiger partial charge in [0.2, 0.25) is 0 Å². The first kappa shape index (κ1) is 21.2. The van der Waals surface area contributed by atoms with Gasteiger partial charge in [-0.1, -0.05) is 6.07 Å². The van der Waals surface area contributed by atoms with Gasteiger partial charge < -0.3 is 15.4 Å². The molecule has 0 bridgehead atoms. The zero-order valence-electron chi connectivity index (χ0n) is 15.4. The summed E-state index contributed by atoms with van der Waals surface area (Å²) in [5, 5.41) is 13.3. The van der Waals surface area contributed by atoms with E-state index in [2.05, 4.69) is 45.2 Å². The van der Waals surface area contributed by atoms with Crippen molar-refractivity contribution in [3.8, 4) is 11.4 Å². The Kier molecular flexibility index (Phi) is 8.59. The number of halogens is 1. The lowest BCUT2D eigenvalue weighted by Gasteiger charge is -2.09. The van der Waals surface area contributed by atoms with Crippen LogP contribution in [0.4, 0.5) is 0 Å². The van der Waals surface area contributed by atoms with Crippen LogP contribution in [0.25, 0.3) is 5.69 Å². The summed E-state index contributed by atoms with van der Waals surface area (Å²) in [6.45, 7) is 4.16. The molecule has 0 aliphatic heterocycles. The number of guanidine groups is 1. The standard InChI is InChI=1S/C19H23N5OS.HI/c1-3-20-19(22-14-18-5-4-12-26-18)21-13-15-10-11-24(23-15)16-6-8-17(25-2)9-7-16;/h4-12H,3,13-14H2,1-2H3,(H2,20,21,22);1H. The summed E-state index contributed by atoms with van der Waals surface area (Å²) < 4.78 is 7.03. The number of hydrogen-bond acceptors (Lipinski definition) is 4. The van der Waals surface area contributed by atoms with Gasteiger partial charge >= 0.3 is 0 Å². The minimum Gasteiger partial charge on any atom is -0.497 e. The van der Waals surface area contributed by atoms with Gasteiger partial charge in [0, 0.05) is 17.6 Å². The summed E-state index contributed by atoms with van der Waals surface area (Å²) in [6.07, 6.45) is 1.94. The van der Waals surface area contributed by atoms with Crippen LogP contribution < -0.4 is 15.4 Å². The van der Waals surface area contributed by atoms with Crippen LogP contribution in [0.15, 0.2) is 59.0 Å². The SMILES string of the molecule is CCNC(=NCc1ccn(-c2ccc(OC)cc2)n1)NCc1cccs1.I. The fraction of sp³-hybridized carbons (Fsp3) is 0.263. The van der Waals surface area contributed by atoms with Crippen molar-refractivity contribution in [2.45, 2.75) is 20.0 Å². The second-order valence-corrected chi connectivity index (χ2v) is 6.61. The van der Waals surface area contributed by atoms with Gasteiger partial charge in [-0.3, -0.25) is 0 Å². The first-order valence-electron chi connectivity index (χ1n) is 8.52. The molecule has 8 heteroatoms. The zero-order valence-corrected chi connectivity index (χ0v) is 18.5. The molecule has 3 aromatic rings. The maximum atomic E-state index is 5.19. The molecule has 0 saturated heterocycles. The van der Waals surface area contributed by atoms with E-state index >= 15 is 0 Å². The Morgan fingerprint density at radius 3 is 2.67 bits per heavy atom. The lowest BCUT2D eigenvalue weighted by molar-refractivity contribution is 0.414. The van der Waals surface area contributed by atoms with Gasteiger partial charge in [0.15, 0.2) is 5.96 Å². The van der Waals surface area contributed by atoms with Crippen LogP contribution in [0.3, 0.4) is 0 Å². The highest BCUT2D eigenvalue weighted by molar-refractivity contribution is 14.0. The minimum absolute atomic E-state index is 0. The predicted molar refractivity (Wildman–Crippen MR) is 122 cm³/mol. The Balaban J connectivity index is 0.00000261. The number of rotatable bonds is 7. The van der Waals surface area contributed by atoms with E-state index < -0.39 is 0 Å². The maximum Gasteiger partial charge on any atom is 0.191 e. The third-order valence-electron chi connectivity index (χ3n) is 3.73. The fourth-order valence-electron chi connectivity index (χ4n) is 2.41. The van der Waals surface area contributed by atoms with E-state index in [1.165, 1.54) is 4.88 Å². The van der Waals surface area contributed by atoms with E-state index in [4.69, 9.17) is 4.74 Å². The van der Waals surface area contributed by atoms with Crippen molar-refractivity contribution in [1.29, 1.82) is 0 Å². The molecule has 3 rings (SSSR count). The second kappa shape index (κ2) is 10.9. The van der Waals surface area contributed by atoms with Crippen molar-refractivity contribution in [2.75, 3.05) is 13.7 Å². The van der Waals surface area contributed by atoms with Gasteiger partial charge in [-0.2, -0.15) is 5.10 Å². The largest absolute Gasteiger partial charge is 0.497 e. The molecule has 144 valence electrons. The summed E-state index contributed by atoms with van der Waals surface area (Å²) in [5.74, 6) is 1.62. The molecule has 0 spiro atoms. The molecule has 1 aromatic carbocycles. The third-order valence-corrected chi connectivity index (χ3v) is 4.61. The Morgan fingerprint density at radius 1 is 1.19 bits per heavy atom. The Hall–Kier alpha value is -2.07. The number of aromatic nitrogens is 2. The van der Waals surface area contributed by atoms with Gasteiger partial charge in [0.25, 0.3) is 0 Å². The molecule has 27 heavy (non-hydrogen) atoms. The van der Waals surface area contributed by atoms with E-state index in [1.807, 2.05) is 41.2 Å². The van der Waals surface area contributed by atoms with Crippen molar-refractivity contribution in [3.63, 3.8) is 0 Å². The van der Waals surface area contributed by atoms with Crippen LogP contribution in [0, 0.1) is 0 Å². The Bertz CT molecular complexity index is 830. The van der Waals surface area contributed by atoms with Gasteiger partial charge in [-0.25, -0.2) is 9.67 Å². The van der Waals surface area contributed by atoms with Gasteiger partial charge in [0.1, 0.15) is 5.75 Å². The van der Waals surface area contributed by atoms with Crippen molar-refractivity contribution in [3.05, 3.63) is 64.6 Å². The molecule has 6 nitrogen and oxygen atoms in total. The molecule has 0 aliphatic rings. The first-order valence-corrected chi connectivity index (χ1v) is 9.40. The van der Waals surface area contributed by atoms with E-state index in [1.54, 1.807) is 18.4 Å². The molecule has 0 fully saturated rings.